The zero-order valence-corrected chi connectivity index (χ0v) is 15.0. The lowest BCUT2D eigenvalue weighted by atomic mass is 10.3. The molecule has 0 radical (unpaired) electrons. The molecule has 26 heavy (non-hydrogen) atoms. The van der Waals surface area contributed by atoms with Crippen LogP contribution in [0.4, 0.5) is 5.69 Å². The average Bonchev–Trinajstić information content (AvgIpc) is 2.67. The predicted octanol–water partition coefficient (Wildman–Crippen LogP) is 2.27. The minimum atomic E-state index is -3.61. The average molecular weight is 377 g/mol. The molecule has 0 saturated carbocycles. The molecule has 0 saturated heterocycles. The number of fused-ring (bicyclic) bond motifs is 1. The molecule has 0 fully saturated rings. The summed E-state index contributed by atoms with van der Waals surface area (Å²) in [5.74, 6) is 0.919. The van der Waals surface area contributed by atoms with Crippen LogP contribution in [0.25, 0.3) is 0 Å². The van der Waals surface area contributed by atoms with Crippen LogP contribution in [-0.2, 0) is 14.6 Å². The number of ether oxygens (including phenoxy) is 3. The van der Waals surface area contributed by atoms with Crippen molar-refractivity contribution >= 4 is 21.4 Å². The highest BCUT2D eigenvalue weighted by molar-refractivity contribution is 7.91. The van der Waals surface area contributed by atoms with Crippen LogP contribution in [0.1, 0.15) is 6.42 Å². The summed E-state index contributed by atoms with van der Waals surface area (Å²) in [7, 11) is -2.06. The van der Waals surface area contributed by atoms with E-state index >= 15 is 0 Å². The number of amides is 1. The highest BCUT2D eigenvalue weighted by Gasteiger charge is 2.20. The van der Waals surface area contributed by atoms with Gasteiger partial charge in [0.2, 0.25) is 5.91 Å². The van der Waals surface area contributed by atoms with Crippen molar-refractivity contribution in [2.45, 2.75) is 11.3 Å². The van der Waals surface area contributed by atoms with Crippen molar-refractivity contribution in [2.75, 3.05) is 31.4 Å². The van der Waals surface area contributed by atoms with Crippen molar-refractivity contribution in [3.63, 3.8) is 0 Å². The van der Waals surface area contributed by atoms with E-state index < -0.39 is 9.84 Å². The fraction of sp³-hybridized carbons (Fsp3) is 0.278. The SMILES string of the molecule is COc1ccc(NC(=O)CCS(=O)(=O)c2ccc3c(c2)OCCO3)cc1. The molecular formula is C18H19NO6S. The number of methoxy groups -OCH3 is 1. The van der Waals surface area contributed by atoms with Crippen molar-refractivity contribution < 1.29 is 27.4 Å². The smallest absolute Gasteiger partial charge is 0.225 e. The Labute approximate surface area is 151 Å². The number of carbonyl (C=O) groups is 1. The third kappa shape index (κ3) is 4.26. The summed E-state index contributed by atoms with van der Waals surface area (Å²) in [6.07, 6.45) is -0.150. The number of hydrogen-bond donors (Lipinski definition) is 1. The number of rotatable bonds is 6. The van der Waals surface area contributed by atoms with Gasteiger partial charge in [-0.2, -0.15) is 0 Å². The second kappa shape index (κ2) is 7.65. The maximum Gasteiger partial charge on any atom is 0.225 e. The van der Waals surface area contributed by atoms with E-state index in [1.165, 1.54) is 12.1 Å². The minimum Gasteiger partial charge on any atom is -0.497 e. The van der Waals surface area contributed by atoms with Gasteiger partial charge in [0.15, 0.2) is 21.3 Å². The molecule has 138 valence electrons. The molecule has 1 aliphatic rings. The van der Waals surface area contributed by atoms with Gasteiger partial charge in [-0.15, -0.1) is 0 Å². The fourth-order valence-electron chi connectivity index (χ4n) is 2.46. The minimum absolute atomic E-state index is 0.110. The topological polar surface area (TPSA) is 90.9 Å². The Bertz CT molecular complexity index is 892. The Morgan fingerprint density at radius 1 is 1.08 bits per heavy atom. The lowest BCUT2D eigenvalue weighted by Crippen LogP contribution is -2.18. The van der Waals surface area contributed by atoms with Gasteiger partial charge in [-0.05, 0) is 36.4 Å². The molecule has 1 aliphatic heterocycles. The first-order valence-corrected chi connectivity index (χ1v) is 9.69. The summed E-state index contributed by atoms with van der Waals surface area (Å²) >= 11 is 0. The van der Waals surface area contributed by atoms with Gasteiger partial charge in [-0.1, -0.05) is 0 Å². The summed E-state index contributed by atoms with van der Waals surface area (Å²) in [5.41, 5.74) is 0.576. The van der Waals surface area contributed by atoms with E-state index in [0.29, 0.717) is 36.1 Å². The van der Waals surface area contributed by atoms with E-state index in [4.69, 9.17) is 14.2 Å². The number of nitrogens with one attached hydrogen (secondary N) is 1. The summed E-state index contributed by atoms with van der Waals surface area (Å²) in [6, 6.07) is 11.3. The maximum atomic E-state index is 12.5. The molecule has 1 N–H and O–H groups in total. The lowest BCUT2D eigenvalue weighted by Gasteiger charge is -2.18. The first-order valence-electron chi connectivity index (χ1n) is 8.04. The van der Waals surface area contributed by atoms with E-state index in [2.05, 4.69) is 5.32 Å². The van der Waals surface area contributed by atoms with Crippen LogP contribution in [0.5, 0.6) is 17.2 Å². The van der Waals surface area contributed by atoms with Gasteiger partial charge in [0.1, 0.15) is 19.0 Å². The summed E-state index contributed by atoms with van der Waals surface area (Å²) in [4.78, 5) is 12.1. The van der Waals surface area contributed by atoms with E-state index in [-0.39, 0.29) is 23.0 Å². The summed E-state index contributed by atoms with van der Waals surface area (Å²) in [6.45, 7) is 0.811. The van der Waals surface area contributed by atoms with Gasteiger partial charge in [0, 0.05) is 18.2 Å². The monoisotopic (exact) mass is 377 g/mol. The largest absolute Gasteiger partial charge is 0.497 e. The Balaban J connectivity index is 1.61. The Morgan fingerprint density at radius 2 is 1.77 bits per heavy atom. The second-order valence-corrected chi connectivity index (χ2v) is 7.76. The van der Waals surface area contributed by atoms with E-state index in [1.54, 1.807) is 37.4 Å². The highest BCUT2D eigenvalue weighted by Crippen LogP contribution is 2.32. The Kier molecular flexibility index (Phi) is 5.32. The van der Waals surface area contributed by atoms with Gasteiger partial charge >= 0.3 is 0 Å². The summed E-state index contributed by atoms with van der Waals surface area (Å²) in [5, 5.41) is 2.66. The standard InChI is InChI=1S/C18H19NO6S/c1-23-14-4-2-13(3-5-14)19-18(20)8-11-26(21,22)15-6-7-16-17(12-15)25-10-9-24-16/h2-7,12H,8-11H2,1H3,(H,19,20). The van der Waals surface area contributed by atoms with E-state index in [0.717, 1.165) is 0 Å². The zero-order chi connectivity index (χ0) is 18.6. The second-order valence-electron chi connectivity index (χ2n) is 5.65. The zero-order valence-electron chi connectivity index (χ0n) is 14.2. The fourth-order valence-corrected chi connectivity index (χ4v) is 3.71. The molecule has 2 aromatic carbocycles. The number of hydrogen-bond acceptors (Lipinski definition) is 6. The number of sulfone groups is 1. The van der Waals surface area contributed by atoms with Gasteiger partial charge in [0.05, 0.1) is 17.8 Å². The van der Waals surface area contributed by atoms with Crippen LogP contribution in [0.2, 0.25) is 0 Å². The molecule has 2 aromatic rings. The molecule has 0 aromatic heterocycles. The van der Waals surface area contributed by atoms with Crippen LogP contribution in [0, 0.1) is 0 Å². The third-order valence-corrected chi connectivity index (χ3v) is 5.56. The maximum absolute atomic E-state index is 12.5. The van der Waals surface area contributed by atoms with Crippen molar-refractivity contribution in [2.24, 2.45) is 0 Å². The molecule has 8 heteroatoms. The van der Waals surface area contributed by atoms with Crippen LogP contribution in [-0.4, -0.2) is 40.4 Å². The molecule has 3 rings (SSSR count). The predicted molar refractivity (Wildman–Crippen MR) is 95.7 cm³/mol. The van der Waals surface area contributed by atoms with E-state index in [9.17, 15) is 13.2 Å². The Morgan fingerprint density at radius 3 is 2.46 bits per heavy atom. The molecule has 1 heterocycles. The quantitative estimate of drug-likeness (QED) is 0.830. The van der Waals surface area contributed by atoms with Gasteiger partial charge in [-0.3, -0.25) is 4.79 Å². The highest BCUT2D eigenvalue weighted by atomic mass is 32.2. The molecule has 0 aliphatic carbocycles. The van der Waals surface area contributed by atoms with Crippen molar-refractivity contribution in [3.8, 4) is 17.2 Å². The molecular weight excluding hydrogens is 358 g/mol. The van der Waals surface area contributed by atoms with Gasteiger partial charge in [0.25, 0.3) is 0 Å². The molecule has 0 unspecified atom stereocenters. The van der Waals surface area contributed by atoms with Crippen LogP contribution < -0.4 is 19.5 Å². The number of anilines is 1. The summed E-state index contributed by atoms with van der Waals surface area (Å²) < 4.78 is 40.8. The van der Waals surface area contributed by atoms with Crippen LogP contribution in [0.15, 0.2) is 47.4 Å². The van der Waals surface area contributed by atoms with Gasteiger partial charge in [-0.25, -0.2) is 8.42 Å². The van der Waals surface area contributed by atoms with Crippen molar-refractivity contribution in [1.82, 2.24) is 0 Å². The first-order chi connectivity index (χ1) is 12.5. The first kappa shape index (κ1) is 18.1. The molecule has 0 bridgehead atoms. The molecule has 0 atom stereocenters. The molecule has 1 amide bonds. The normalized spacial score (nSPS) is 13.1. The van der Waals surface area contributed by atoms with E-state index in [1.807, 2.05) is 0 Å². The van der Waals surface area contributed by atoms with Crippen molar-refractivity contribution in [1.29, 1.82) is 0 Å². The van der Waals surface area contributed by atoms with Crippen LogP contribution >= 0.6 is 0 Å². The van der Waals surface area contributed by atoms with Crippen LogP contribution in [0.3, 0.4) is 0 Å². The van der Waals surface area contributed by atoms with Crippen molar-refractivity contribution in [3.05, 3.63) is 42.5 Å². The molecule has 7 nitrogen and oxygen atoms in total. The van der Waals surface area contributed by atoms with Gasteiger partial charge < -0.3 is 19.5 Å². The number of benzene rings is 2. The molecule has 0 spiro atoms. The lowest BCUT2D eigenvalue weighted by molar-refractivity contribution is -0.115. The third-order valence-electron chi connectivity index (χ3n) is 3.84. The number of carbonyl (C=O) groups excluding carboxylic acids is 1. The Hall–Kier alpha value is -2.74.